The first-order valence-electron chi connectivity index (χ1n) is 7.15. The van der Waals surface area contributed by atoms with Gasteiger partial charge in [0.1, 0.15) is 18.0 Å². The van der Waals surface area contributed by atoms with Crippen molar-refractivity contribution in [1.29, 1.82) is 0 Å². The summed E-state index contributed by atoms with van der Waals surface area (Å²) in [7, 11) is 0. The van der Waals surface area contributed by atoms with Crippen molar-refractivity contribution in [2.75, 3.05) is 6.61 Å². The van der Waals surface area contributed by atoms with Crippen LogP contribution in [0.3, 0.4) is 0 Å². The highest BCUT2D eigenvalue weighted by Gasteiger charge is 2.59. The van der Waals surface area contributed by atoms with Crippen molar-refractivity contribution in [3.05, 3.63) is 58.9 Å². The number of ether oxygens (including phenoxy) is 1. The number of pyridine rings is 1. The number of aliphatic hydroxyl groups is 1. The lowest BCUT2D eigenvalue weighted by molar-refractivity contribution is -0.0207. The number of halogens is 2. The minimum Gasteiger partial charge on any atom is -0.490 e. The second kappa shape index (κ2) is 5.73. The third-order valence-corrected chi connectivity index (χ3v) is 5.07. The van der Waals surface area contributed by atoms with Crippen LogP contribution in [0.15, 0.2) is 42.7 Å². The van der Waals surface area contributed by atoms with Crippen molar-refractivity contribution >= 4 is 23.2 Å². The molecule has 0 saturated heterocycles. The Morgan fingerprint density at radius 2 is 2.14 bits per heavy atom. The van der Waals surface area contributed by atoms with Crippen molar-refractivity contribution in [3.63, 3.8) is 0 Å². The second-order valence-electron chi connectivity index (χ2n) is 5.77. The molecule has 0 amide bonds. The molecule has 116 valence electrons. The maximum atomic E-state index is 11.2. The van der Waals surface area contributed by atoms with E-state index in [1.165, 1.54) is 0 Å². The smallest absolute Gasteiger partial charge is 0.144 e. The molecule has 1 aromatic heterocycles. The minimum atomic E-state index is -1.27. The summed E-state index contributed by atoms with van der Waals surface area (Å²) < 4.78 is 5.86. The van der Waals surface area contributed by atoms with Crippen molar-refractivity contribution < 1.29 is 9.84 Å². The summed E-state index contributed by atoms with van der Waals surface area (Å²) in [6, 6.07) is 9.01. The van der Waals surface area contributed by atoms with Crippen LogP contribution in [0.25, 0.3) is 0 Å². The third-order valence-electron chi connectivity index (χ3n) is 4.14. The van der Waals surface area contributed by atoms with Gasteiger partial charge < -0.3 is 9.84 Å². The number of benzene rings is 1. The predicted molar refractivity (Wildman–Crippen MR) is 87.6 cm³/mol. The monoisotopic (exact) mass is 337 g/mol. The van der Waals surface area contributed by atoms with Crippen LogP contribution in [0.5, 0.6) is 5.75 Å². The zero-order chi connectivity index (χ0) is 15.8. The number of aromatic nitrogens is 1. The fraction of sp³-hybridized carbons (Fsp3) is 0.353. The van der Waals surface area contributed by atoms with Gasteiger partial charge in [0.05, 0.1) is 4.87 Å². The number of alkyl halides is 1. The van der Waals surface area contributed by atoms with Gasteiger partial charge in [0, 0.05) is 23.0 Å². The SMILES string of the molecule is Cc1cc(Cl)ccc1OCC(O)(c1cccnc1)C1(Cl)CC1. The lowest BCUT2D eigenvalue weighted by Gasteiger charge is -2.33. The first-order valence-corrected chi connectivity index (χ1v) is 7.91. The van der Waals surface area contributed by atoms with Gasteiger partial charge >= 0.3 is 0 Å². The Kier molecular flexibility index (Phi) is 4.06. The van der Waals surface area contributed by atoms with Crippen LogP contribution < -0.4 is 4.74 Å². The highest BCUT2D eigenvalue weighted by Crippen LogP contribution is 2.55. The normalized spacial score (nSPS) is 18.5. The van der Waals surface area contributed by atoms with Crippen molar-refractivity contribution in [2.24, 2.45) is 0 Å². The average molecular weight is 338 g/mol. The third kappa shape index (κ3) is 2.81. The van der Waals surface area contributed by atoms with E-state index in [2.05, 4.69) is 4.98 Å². The quantitative estimate of drug-likeness (QED) is 0.836. The number of hydrogen-bond acceptors (Lipinski definition) is 3. The molecule has 1 unspecified atom stereocenters. The van der Waals surface area contributed by atoms with Crippen LogP contribution in [-0.2, 0) is 5.60 Å². The number of rotatable bonds is 5. The van der Waals surface area contributed by atoms with E-state index in [1.807, 2.05) is 19.1 Å². The zero-order valence-electron chi connectivity index (χ0n) is 12.2. The molecule has 1 aromatic carbocycles. The molecule has 1 saturated carbocycles. The van der Waals surface area contributed by atoms with E-state index in [0.29, 0.717) is 16.3 Å². The van der Waals surface area contributed by atoms with Crippen LogP contribution in [0.2, 0.25) is 5.02 Å². The molecular weight excluding hydrogens is 321 g/mol. The lowest BCUT2D eigenvalue weighted by atomic mass is 9.90. The average Bonchev–Trinajstić information content (AvgIpc) is 3.26. The van der Waals surface area contributed by atoms with E-state index in [-0.39, 0.29) is 6.61 Å². The molecule has 1 heterocycles. The van der Waals surface area contributed by atoms with Gasteiger partial charge in [-0.2, -0.15) is 0 Å². The zero-order valence-corrected chi connectivity index (χ0v) is 13.7. The molecule has 5 heteroatoms. The number of nitrogens with zero attached hydrogens (tertiary/aromatic N) is 1. The molecule has 0 aliphatic heterocycles. The fourth-order valence-electron chi connectivity index (χ4n) is 2.56. The van der Waals surface area contributed by atoms with Crippen molar-refractivity contribution in [2.45, 2.75) is 30.2 Å². The van der Waals surface area contributed by atoms with Crippen LogP contribution in [0, 0.1) is 6.92 Å². The van der Waals surface area contributed by atoms with Gasteiger partial charge in [-0.3, -0.25) is 4.98 Å². The molecular formula is C17H17Cl2NO2. The van der Waals surface area contributed by atoms with E-state index in [0.717, 1.165) is 18.4 Å². The molecule has 0 bridgehead atoms. The molecule has 2 aromatic rings. The Morgan fingerprint density at radius 3 is 2.73 bits per heavy atom. The summed E-state index contributed by atoms with van der Waals surface area (Å²) in [5.41, 5.74) is 0.323. The molecule has 1 aliphatic rings. The molecule has 1 atom stereocenters. The van der Waals surface area contributed by atoms with E-state index >= 15 is 0 Å². The summed E-state index contributed by atoms with van der Waals surface area (Å²) >= 11 is 12.5. The Balaban J connectivity index is 1.86. The van der Waals surface area contributed by atoms with Crippen LogP contribution in [0.4, 0.5) is 0 Å². The van der Waals surface area contributed by atoms with E-state index in [9.17, 15) is 5.11 Å². The summed E-state index contributed by atoms with van der Waals surface area (Å²) in [5, 5.41) is 11.8. The maximum absolute atomic E-state index is 11.2. The molecule has 0 spiro atoms. The highest BCUT2D eigenvalue weighted by atomic mass is 35.5. The molecule has 0 radical (unpaired) electrons. The second-order valence-corrected chi connectivity index (χ2v) is 6.93. The number of aryl methyl sites for hydroxylation is 1. The topological polar surface area (TPSA) is 42.4 Å². The van der Waals surface area contributed by atoms with Gasteiger partial charge in [0.15, 0.2) is 0 Å². The van der Waals surface area contributed by atoms with E-state index in [4.69, 9.17) is 27.9 Å². The van der Waals surface area contributed by atoms with E-state index in [1.54, 1.807) is 30.6 Å². The van der Waals surface area contributed by atoms with Gasteiger partial charge in [0.2, 0.25) is 0 Å². The Morgan fingerprint density at radius 1 is 1.36 bits per heavy atom. The molecule has 1 fully saturated rings. The molecule has 1 aliphatic carbocycles. The summed E-state index contributed by atoms with van der Waals surface area (Å²) in [5.74, 6) is 0.688. The fourth-order valence-corrected chi connectivity index (χ4v) is 3.04. The summed E-state index contributed by atoms with van der Waals surface area (Å²) in [6.07, 6.45) is 4.81. The lowest BCUT2D eigenvalue weighted by Crippen LogP contribution is -2.43. The van der Waals surface area contributed by atoms with Crippen molar-refractivity contribution in [3.8, 4) is 5.75 Å². The van der Waals surface area contributed by atoms with Gasteiger partial charge in [-0.25, -0.2) is 0 Å². The van der Waals surface area contributed by atoms with E-state index < -0.39 is 10.5 Å². The Hall–Kier alpha value is -1.29. The molecule has 3 nitrogen and oxygen atoms in total. The van der Waals surface area contributed by atoms with Crippen LogP contribution in [0.1, 0.15) is 24.0 Å². The van der Waals surface area contributed by atoms with Gasteiger partial charge in [-0.05, 0) is 49.6 Å². The largest absolute Gasteiger partial charge is 0.490 e. The maximum Gasteiger partial charge on any atom is 0.144 e. The first-order chi connectivity index (χ1) is 10.4. The summed E-state index contributed by atoms with van der Waals surface area (Å²) in [6.45, 7) is 1.99. The predicted octanol–water partition coefficient (Wildman–Crippen LogP) is 4.08. The van der Waals surface area contributed by atoms with Crippen LogP contribution in [-0.4, -0.2) is 21.6 Å². The van der Waals surface area contributed by atoms with Crippen molar-refractivity contribution in [1.82, 2.24) is 4.98 Å². The minimum absolute atomic E-state index is 0.0741. The molecule has 1 N–H and O–H groups in total. The van der Waals surface area contributed by atoms with Crippen LogP contribution >= 0.6 is 23.2 Å². The standard InChI is InChI=1S/C17H17Cl2NO2/c1-12-9-14(18)4-5-15(12)22-11-17(21,16(19)6-7-16)13-3-2-8-20-10-13/h2-5,8-10,21H,6-7,11H2,1H3. The Labute approximate surface area is 139 Å². The highest BCUT2D eigenvalue weighted by molar-refractivity contribution is 6.30. The van der Waals surface area contributed by atoms with Gasteiger partial charge in [0.25, 0.3) is 0 Å². The molecule has 22 heavy (non-hydrogen) atoms. The van der Waals surface area contributed by atoms with Gasteiger partial charge in [-0.1, -0.05) is 17.7 Å². The Bertz CT molecular complexity index is 674. The summed E-state index contributed by atoms with van der Waals surface area (Å²) in [4.78, 5) is 3.40. The first kappa shape index (κ1) is 15.6. The molecule has 3 rings (SSSR count). The van der Waals surface area contributed by atoms with Gasteiger partial charge in [-0.15, -0.1) is 11.6 Å². The number of hydrogen-bond donors (Lipinski definition) is 1.